The van der Waals surface area contributed by atoms with E-state index in [1.54, 1.807) is 53.7 Å². The summed E-state index contributed by atoms with van der Waals surface area (Å²) < 4.78 is 22.3. The van der Waals surface area contributed by atoms with E-state index in [1.807, 2.05) is 0 Å². The summed E-state index contributed by atoms with van der Waals surface area (Å²) in [6, 6.07) is 4.08. The summed E-state index contributed by atoms with van der Waals surface area (Å²) in [5, 5.41) is 5.45. The fraction of sp³-hybridized carbons (Fsp3) is 0.793. The maximum Gasteiger partial charge on any atom is 0.329 e. The first-order valence-electron chi connectivity index (χ1n) is 28.2. The van der Waals surface area contributed by atoms with Crippen molar-refractivity contribution in [3.05, 3.63) is 29.8 Å². The predicted molar refractivity (Wildman–Crippen MR) is 294 cm³/mol. The van der Waals surface area contributed by atoms with Gasteiger partial charge in [-0.3, -0.25) is 24.0 Å². The van der Waals surface area contributed by atoms with E-state index in [2.05, 4.69) is 24.5 Å². The minimum Gasteiger partial charge on any atom is -0.462 e. The zero-order valence-corrected chi connectivity index (χ0v) is 47.3. The highest BCUT2D eigenvalue weighted by molar-refractivity contribution is 7.99. The topological polar surface area (TPSA) is 189 Å². The molecule has 0 aliphatic rings. The normalized spacial score (nSPS) is 12.9. The van der Waals surface area contributed by atoms with E-state index < -0.39 is 53.1 Å². The van der Waals surface area contributed by atoms with Gasteiger partial charge in [0.25, 0.3) is 5.91 Å². The van der Waals surface area contributed by atoms with Crippen LogP contribution in [0.4, 0.5) is 5.69 Å². The minimum absolute atomic E-state index is 0.0209. The molecule has 0 spiro atoms. The molecule has 0 saturated carbocycles. The Hall–Kier alpha value is -3.65. The summed E-state index contributed by atoms with van der Waals surface area (Å²) in [5.74, 6) is -2.32. The van der Waals surface area contributed by atoms with Crippen LogP contribution >= 0.6 is 11.8 Å². The van der Waals surface area contributed by atoms with Crippen molar-refractivity contribution in [2.75, 3.05) is 23.4 Å². The number of hydrogen-bond donors (Lipinski definition) is 3. The van der Waals surface area contributed by atoms with Crippen molar-refractivity contribution in [1.29, 1.82) is 0 Å². The van der Waals surface area contributed by atoms with Crippen molar-refractivity contribution < 1.29 is 47.7 Å². The molecule has 0 aliphatic heterocycles. The summed E-state index contributed by atoms with van der Waals surface area (Å²) in [6.07, 6.45) is 31.5. The summed E-state index contributed by atoms with van der Waals surface area (Å²) in [5.41, 5.74) is 5.41. The molecule has 0 radical (unpaired) electrons. The van der Waals surface area contributed by atoms with Crippen LogP contribution in [0.5, 0.6) is 0 Å². The molecule has 414 valence electrons. The van der Waals surface area contributed by atoms with E-state index >= 15 is 0 Å². The van der Waals surface area contributed by atoms with Gasteiger partial charge in [-0.1, -0.05) is 168 Å². The van der Waals surface area contributed by atoms with Gasteiger partial charge in [-0.2, -0.15) is 11.8 Å². The van der Waals surface area contributed by atoms with Gasteiger partial charge in [-0.05, 0) is 85.1 Å². The molecule has 0 bridgehead atoms. The summed E-state index contributed by atoms with van der Waals surface area (Å²) in [7, 11) is 0. The number of carbonyl (C=O) groups is 6. The van der Waals surface area contributed by atoms with Gasteiger partial charge in [-0.25, -0.2) is 4.79 Å². The van der Waals surface area contributed by atoms with Gasteiger partial charge >= 0.3 is 23.9 Å². The van der Waals surface area contributed by atoms with E-state index in [4.69, 9.17) is 24.7 Å². The van der Waals surface area contributed by atoms with Crippen molar-refractivity contribution in [1.82, 2.24) is 5.32 Å². The molecule has 4 N–H and O–H groups in total. The molecule has 1 rings (SSSR count). The molecular weight excluding hydrogens is 931 g/mol. The quantitative estimate of drug-likeness (QED) is 0.0319. The summed E-state index contributed by atoms with van der Waals surface area (Å²) in [4.78, 5) is 77.6. The second-order valence-electron chi connectivity index (χ2n) is 21.7. The van der Waals surface area contributed by atoms with Crippen LogP contribution < -0.4 is 16.4 Å². The first-order valence-corrected chi connectivity index (χ1v) is 29.3. The highest BCUT2D eigenvalue weighted by Gasteiger charge is 2.29. The second kappa shape index (κ2) is 40.7. The van der Waals surface area contributed by atoms with Gasteiger partial charge in [0.15, 0.2) is 0 Å². The van der Waals surface area contributed by atoms with Crippen LogP contribution in [0.2, 0.25) is 0 Å². The number of nitrogens with two attached hydrogens (primary N) is 1. The Kier molecular flexibility index (Phi) is 37.5. The van der Waals surface area contributed by atoms with Crippen LogP contribution in [0, 0.1) is 0 Å². The summed E-state index contributed by atoms with van der Waals surface area (Å²) in [6.45, 7) is 14.8. The van der Waals surface area contributed by atoms with Gasteiger partial charge in [0.1, 0.15) is 30.0 Å². The van der Waals surface area contributed by atoms with Crippen LogP contribution in [0.25, 0.3) is 0 Å². The molecule has 14 heteroatoms. The number of anilines is 1. The number of benzene rings is 1. The Morgan fingerprint density at radius 1 is 0.542 bits per heavy atom. The molecule has 13 nitrogen and oxygen atoms in total. The average molecular weight is 1030 g/mol. The Morgan fingerprint density at radius 2 is 0.972 bits per heavy atom. The van der Waals surface area contributed by atoms with Crippen molar-refractivity contribution in [2.24, 2.45) is 5.73 Å². The molecule has 1 aromatic rings. The Bertz CT molecular complexity index is 1630. The Morgan fingerprint density at radius 3 is 1.42 bits per heavy atom. The predicted octanol–water partition coefficient (Wildman–Crippen LogP) is 13.7. The molecule has 0 saturated heterocycles. The zero-order valence-electron chi connectivity index (χ0n) is 46.4. The van der Waals surface area contributed by atoms with Gasteiger partial charge in [0.2, 0.25) is 5.91 Å². The number of esters is 4. The van der Waals surface area contributed by atoms with Gasteiger partial charge in [0.05, 0.1) is 6.04 Å². The van der Waals surface area contributed by atoms with E-state index in [0.29, 0.717) is 24.3 Å². The lowest BCUT2D eigenvalue weighted by Gasteiger charge is -2.25. The standard InChI is InChI=1S/C58H101N3O10S/c1-9-11-13-15-17-19-21-23-25-27-29-31-33-35-51(62)68-43-48(69-52(63)36-34-32-30-28-26-24-22-20-18-16-14-12-10-2)44-72-45-49(59)55(66)60-47-39-37-46(38-40-47)54(65)61-50(56(67)71-58(6,7)8)41-42-53(64)70-57(3,4)5/h37-40,48-50H,9-36,41-45,59H2,1-8H3,(H,60,66)(H,61,65)/t48-,49+,50+/m1/s1. The smallest absolute Gasteiger partial charge is 0.329 e. The maximum atomic E-state index is 13.3. The third-order valence-corrected chi connectivity index (χ3v) is 13.3. The molecular formula is C58H101N3O10S. The largest absolute Gasteiger partial charge is 0.462 e. The zero-order chi connectivity index (χ0) is 53.5. The first kappa shape index (κ1) is 66.4. The van der Waals surface area contributed by atoms with Crippen molar-refractivity contribution in [3.63, 3.8) is 0 Å². The SMILES string of the molecule is CCCCCCCCCCCCCCCC(=O)OC[C@H](CSC[C@H](N)C(=O)Nc1ccc(C(=O)N[C@@H](CCC(=O)OC(C)(C)C)C(=O)OC(C)(C)C)cc1)OC(=O)CCCCCCCCCCCCCCC. The van der Waals surface area contributed by atoms with Gasteiger partial charge < -0.3 is 35.3 Å². The number of ether oxygens (including phenoxy) is 4. The molecule has 0 heterocycles. The van der Waals surface area contributed by atoms with Crippen molar-refractivity contribution in [2.45, 2.75) is 277 Å². The van der Waals surface area contributed by atoms with Crippen LogP contribution in [-0.4, -0.2) is 83.2 Å². The number of unbranched alkanes of at least 4 members (excludes halogenated alkanes) is 24. The fourth-order valence-electron chi connectivity index (χ4n) is 8.05. The van der Waals surface area contributed by atoms with Gasteiger partial charge in [-0.15, -0.1) is 0 Å². The lowest BCUT2D eigenvalue weighted by Crippen LogP contribution is -2.44. The molecule has 2 amide bonds. The molecule has 1 aromatic carbocycles. The van der Waals surface area contributed by atoms with Crippen LogP contribution in [0.3, 0.4) is 0 Å². The highest BCUT2D eigenvalue weighted by atomic mass is 32.2. The first-order chi connectivity index (χ1) is 34.3. The number of amides is 2. The van der Waals surface area contributed by atoms with E-state index in [1.165, 1.54) is 152 Å². The molecule has 0 fully saturated rings. The van der Waals surface area contributed by atoms with Crippen LogP contribution in [0.15, 0.2) is 24.3 Å². The number of thioether (sulfide) groups is 1. The molecule has 72 heavy (non-hydrogen) atoms. The number of hydrogen-bond acceptors (Lipinski definition) is 12. The third kappa shape index (κ3) is 38.0. The fourth-order valence-corrected chi connectivity index (χ4v) is 9.02. The number of nitrogens with one attached hydrogen (secondary N) is 2. The van der Waals surface area contributed by atoms with Crippen molar-refractivity contribution >= 4 is 53.1 Å². The number of rotatable bonds is 43. The Balaban J connectivity index is 2.68. The maximum absolute atomic E-state index is 13.3. The van der Waals surface area contributed by atoms with Crippen LogP contribution in [0.1, 0.15) is 258 Å². The Labute approximate surface area is 440 Å². The monoisotopic (exact) mass is 1030 g/mol. The van der Waals surface area contributed by atoms with Crippen LogP contribution in [-0.2, 0) is 42.9 Å². The lowest BCUT2D eigenvalue weighted by molar-refractivity contribution is -0.158. The van der Waals surface area contributed by atoms with E-state index in [0.717, 1.165) is 38.5 Å². The number of carbonyl (C=O) groups excluding carboxylic acids is 6. The van der Waals surface area contributed by atoms with E-state index in [9.17, 15) is 28.8 Å². The average Bonchev–Trinajstić information content (AvgIpc) is 3.31. The second-order valence-corrected chi connectivity index (χ2v) is 22.8. The lowest BCUT2D eigenvalue weighted by atomic mass is 10.0. The van der Waals surface area contributed by atoms with Crippen molar-refractivity contribution in [3.8, 4) is 0 Å². The highest BCUT2D eigenvalue weighted by Crippen LogP contribution is 2.19. The molecule has 0 unspecified atom stereocenters. The minimum atomic E-state index is -1.10. The molecule has 0 aliphatic carbocycles. The summed E-state index contributed by atoms with van der Waals surface area (Å²) >= 11 is 1.34. The molecule has 0 aromatic heterocycles. The van der Waals surface area contributed by atoms with E-state index in [-0.39, 0.29) is 42.7 Å². The molecule has 3 atom stereocenters. The van der Waals surface area contributed by atoms with Gasteiger partial charge in [0, 0.05) is 42.0 Å². The third-order valence-electron chi connectivity index (χ3n) is 12.1.